The molecule has 2 atom stereocenters. The summed E-state index contributed by atoms with van der Waals surface area (Å²) in [6.45, 7) is 4.13. The smallest absolute Gasteiger partial charge is 0.236 e. The summed E-state index contributed by atoms with van der Waals surface area (Å²) in [7, 11) is 0. The number of carbonyl (C=O) groups is 1. The van der Waals surface area contributed by atoms with Crippen LogP contribution in [0.1, 0.15) is 18.4 Å². The van der Waals surface area contributed by atoms with Crippen molar-refractivity contribution in [2.75, 3.05) is 26.2 Å². The van der Waals surface area contributed by atoms with Gasteiger partial charge in [0.2, 0.25) is 5.91 Å². The number of hydrogen-bond acceptors (Lipinski definition) is 3. The molecule has 2 saturated heterocycles. The van der Waals surface area contributed by atoms with Crippen LogP contribution in [0.4, 0.5) is 0 Å². The van der Waals surface area contributed by atoms with Crippen molar-refractivity contribution >= 4 is 30.1 Å². The van der Waals surface area contributed by atoms with Crippen molar-refractivity contribution in [3.8, 4) is 0 Å². The molecule has 114 valence electrons. The van der Waals surface area contributed by atoms with E-state index in [4.69, 9.17) is 0 Å². The second-order valence-corrected chi connectivity index (χ2v) is 7.60. The Hall–Kier alpha value is -0.710. The Morgan fingerprint density at radius 3 is 2.95 bits per heavy atom. The van der Waals surface area contributed by atoms with Gasteiger partial charge in [0.1, 0.15) is 0 Å². The van der Waals surface area contributed by atoms with Gasteiger partial charge in [-0.2, -0.15) is 0 Å². The van der Waals surface area contributed by atoms with Gasteiger partial charge in [-0.25, -0.2) is 0 Å². The topological polar surface area (TPSA) is 32.3 Å². The summed E-state index contributed by atoms with van der Waals surface area (Å²) in [6.07, 6.45) is 3.31. The lowest BCUT2D eigenvalue weighted by atomic mass is 9.86. The highest BCUT2D eigenvalue weighted by molar-refractivity contribution is 8.01. The monoisotopic (exact) mass is 324 g/mol. The number of thioether (sulfide) groups is 1. The number of nitrogens with zero attached hydrogens (tertiary/aromatic N) is 1. The number of amides is 1. The fraction of sp³-hybridized carbons (Fsp3) is 0.562. The third kappa shape index (κ3) is 2.69. The van der Waals surface area contributed by atoms with E-state index in [9.17, 15) is 4.79 Å². The molecule has 1 aromatic rings. The van der Waals surface area contributed by atoms with E-state index in [1.165, 1.54) is 23.3 Å². The number of benzene rings is 1. The highest BCUT2D eigenvalue weighted by Crippen LogP contribution is 2.41. The van der Waals surface area contributed by atoms with Crippen molar-refractivity contribution in [1.29, 1.82) is 0 Å². The van der Waals surface area contributed by atoms with Crippen molar-refractivity contribution < 1.29 is 4.79 Å². The van der Waals surface area contributed by atoms with Crippen LogP contribution in [0, 0.1) is 5.41 Å². The Morgan fingerprint density at radius 2 is 2.19 bits per heavy atom. The van der Waals surface area contributed by atoms with Crippen LogP contribution in [-0.2, 0) is 11.2 Å². The van der Waals surface area contributed by atoms with Crippen LogP contribution in [0.3, 0.4) is 0 Å². The van der Waals surface area contributed by atoms with Gasteiger partial charge in [0, 0.05) is 29.9 Å². The van der Waals surface area contributed by atoms with Gasteiger partial charge in [0.15, 0.2) is 0 Å². The number of carbonyl (C=O) groups excluding carboxylic acids is 1. The molecule has 1 N–H and O–H groups in total. The van der Waals surface area contributed by atoms with Gasteiger partial charge in [-0.15, -0.1) is 24.2 Å². The van der Waals surface area contributed by atoms with Crippen LogP contribution in [0.15, 0.2) is 29.2 Å². The average Bonchev–Trinajstić information content (AvgIpc) is 3.19. The molecule has 3 heterocycles. The standard InChI is InChI=1S/C16H20N2OS.ClH/c19-15(14-9-12-3-1-2-4-13(12)20-14)18-8-6-16(11-18)5-7-17-10-16;/h1-4,14,17H,5-11H2;1H. The number of rotatable bonds is 1. The molecule has 3 nitrogen and oxygen atoms in total. The first kappa shape index (κ1) is 15.2. The van der Waals surface area contributed by atoms with Crippen LogP contribution in [0.25, 0.3) is 0 Å². The van der Waals surface area contributed by atoms with E-state index in [2.05, 4.69) is 34.5 Å². The summed E-state index contributed by atoms with van der Waals surface area (Å²) in [5.41, 5.74) is 1.72. The van der Waals surface area contributed by atoms with Crippen LogP contribution >= 0.6 is 24.2 Å². The molecular formula is C16H21ClN2OS. The van der Waals surface area contributed by atoms with Crippen molar-refractivity contribution in [2.24, 2.45) is 5.41 Å². The van der Waals surface area contributed by atoms with E-state index in [-0.39, 0.29) is 17.7 Å². The van der Waals surface area contributed by atoms with Gasteiger partial charge in [0.25, 0.3) is 0 Å². The fourth-order valence-corrected chi connectivity index (χ4v) is 5.07. The molecule has 2 fully saturated rings. The summed E-state index contributed by atoms with van der Waals surface area (Å²) in [6, 6.07) is 8.43. The summed E-state index contributed by atoms with van der Waals surface area (Å²) in [4.78, 5) is 16.2. The van der Waals surface area contributed by atoms with Gasteiger partial charge < -0.3 is 10.2 Å². The van der Waals surface area contributed by atoms with E-state index >= 15 is 0 Å². The summed E-state index contributed by atoms with van der Waals surface area (Å²) < 4.78 is 0. The number of fused-ring (bicyclic) bond motifs is 1. The van der Waals surface area contributed by atoms with E-state index in [1.54, 1.807) is 11.8 Å². The molecule has 3 aliphatic heterocycles. The number of likely N-dealkylation sites (tertiary alicyclic amines) is 1. The minimum absolute atomic E-state index is 0. The first-order chi connectivity index (χ1) is 9.76. The van der Waals surface area contributed by atoms with Gasteiger partial charge in [0.05, 0.1) is 5.25 Å². The minimum Gasteiger partial charge on any atom is -0.341 e. The molecule has 1 aromatic carbocycles. The molecule has 2 unspecified atom stereocenters. The Morgan fingerprint density at radius 1 is 1.33 bits per heavy atom. The van der Waals surface area contributed by atoms with Gasteiger partial charge in [-0.1, -0.05) is 18.2 Å². The Bertz CT molecular complexity index is 520. The van der Waals surface area contributed by atoms with Crippen molar-refractivity contribution in [3.63, 3.8) is 0 Å². The molecule has 0 radical (unpaired) electrons. The van der Waals surface area contributed by atoms with Gasteiger partial charge >= 0.3 is 0 Å². The van der Waals surface area contributed by atoms with Crippen LogP contribution in [-0.4, -0.2) is 42.2 Å². The summed E-state index contributed by atoms with van der Waals surface area (Å²) in [5, 5.41) is 3.56. The zero-order chi connectivity index (χ0) is 13.6. The lowest BCUT2D eigenvalue weighted by Crippen LogP contribution is -2.38. The predicted molar refractivity (Wildman–Crippen MR) is 88.2 cm³/mol. The van der Waals surface area contributed by atoms with Gasteiger partial charge in [-0.3, -0.25) is 4.79 Å². The maximum atomic E-state index is 12.7. The second-order valence-electron chi connectivity index (χ2n) is 6.35. The highest BCUT2D eigenvalue weighted by Gasteiger charge is 2.43. The number of halogens is 1. The third-order valence-corrected chi connectivity index (χ3v) is 6.31. The maximum Gasteiger partial charge on any atom is 0.236 e. The molecule has 0 aliphatic carbocycles. The summed E-state index contributed by atoms with van der Waals surface area (Å²) in [5.74, 6) is 0.356. The van der Waals surface area contributed by atoms with E-state index in [1.807, 2.05) is 0 Å². The zero-order valence-electron chi connectivity index (χ0n) is 12.0. The third-order valence-electron chi connectivity index (χ3n) is 5.00. The predicted octanol–water partition coefficient (Wildman–Crippen LogP) is 2.34. The molecule has 4 rings (SSSR count). The summed E-state index contributed by atoms with van der Waals surface area (Å²) >= 11 is 1.76. The number of nitrogens with one attached hydrogen (secondary N) is 1. The fourth-order valence-electron chi connectivity index (χ4n) is 3.79. The first-order valence-corrected chi connectivity index (χ1v) is 8.38. The molecule has 5 heteroatoms. The number of hydrogen-bond donors (Lipinski definition) is 1. The maximum absolute atomic E-state index is 12.7. The van der Waals surface area contributed by atoms with Crippen LogP contribution < -0.4 is 5.32 Å². The molecule has 0 bridgehead atoms. The van der Waals surface area contributed by atoms with E-state index in [0.29, 0.717) is 11.3 Å². The Kier molecular flexibility index (Phi) is 4.21. The Labute approximate surface area is 136 Å². The van der Waals surface area contributed by atoms with Crippen LogP contribution in [0.2, 0.25) is 0 Å². The highest BCUT2D eigenvalue weighted by atomic mass is 35.5. The minimum atomic E-state index is 0. The molecular weight excluding hydrogens is 304 g/mol. The van der Waals surface area contributed by atoms with E-state index in [0.717, 1.165) is 32.6 Å². The van der Waals surface area contributed by atoms with Gasteiger partial charge in [-0.05, 0) is 37.4 Å². The second kappa shape index (κ2) is 5.82. The average molecular weight is 325 g/mol. The quantitative estimate of drug-likeness (QED) is 0.860. The first-order valence-electron chi connectivity index (χ1n) is 7.50. The van der Waals surface area contributed by atoms with Crippen molar-refractivity contribution in [3.05, 3.63) is 29.8 Å². The molecule has 3 aliphatic rings. The molecule has 0 saturated carbocycles. The molecule has 1 spiro atoms. The largest absolute Gasteiger partial charge is 0.341 e. The zero-order valence-corrected chi connectivity index (χ0v) is 13.6. The Balaban J connectivity index is 0.00000132. The SMILES string of the molecule is Cl.O=C(C1Cc2ccccc2S1)N1CCC2(CCNC2)C1. The molecule has 21 heavy (non-hydrogen) atoms. The molecule has 0 aromatic heterocycles. The lowest BCUT2D eigenvalue weighted by molar-refractivity contribution is -0.129. The normalized spacial score (nSPS) is 30.5. The van der Waals surface area contributed by atoms with Crippen molar-refractivity contribution in [1.82, 2.24) is 10.2 Å². The van der Waals surface area contributed by atoms with E-state index < -0.39 is 0 Å². The lowest BCUT2D eigenvalue weighted by Gasteiger charge is -2.24. The molecule has 1 amide bonds. The van der Waals surface area contributed by atoms with Crippen molar-refractivity contribution in [2.45, 2.75) is 29.4 Å². The van der Waals surface area contributed by atoms with Crippen LogP contribution in [0.5, 0.6) is 0 Å².